The molecule has 0 amide bonds. The highest BCUT2D eigenvalue weighted by Crippen LogP contribution is 2.09. The second-order valence-corrected chi connectivity index (χ2v) is 3.21. The predicted octanol–water partition coefficient (Wildman–Crippen LogP) is 2.36. The lowest BCUT2D eigenvalue weighted by molar-refractivity contribution is 0.543. The summed E-state index contributed by atoms with van der Waals surface area (Å²) in [7, 11) is 0. The maximum Gasteiger partial charge on any atom is 0.127 e. The van der Waals surface area contributed by atoms with E-state index in [9.17, 15) is 8.78 Å². The third kappa shape index (κ3) is 3.30. The quantitative estimate of drug-likeness (QED) is 0.828. The average Bonchev–Trinajstić information content (AvgIpc) is 2.24. The first-order valence-electron chi connectivity index (χ1n) is 4.74. The highest BCUT2D eigenvalue weighted by atomic mass is 19.1. The van der Waals surface area contributed by atoms with Gasteiger partial charge in [-0.05, 0) is 24.6 Å². The summed E-state index contributed by atoms with van der Waals surface area (Å²) in [5.41, 5.74) is 0.240. The van der Waals surface area contributed by atoms with Crippen LogP contribution in [0.2, 0.25) is 0 Å². The standard InChI is InChI=1S/C11H12F2N2/c1-2-10(6-14)15-7-8-5-9(12)3-4-11(8)13/h3-5,10,15H,2,7H2,1H3. The van der Waals surface area contributed by atoms with Crippen molar-refractivity contribution in [3.8, 4) is 6.07 Å². The van der Waals surface area contributed by atoms with Gasteiger partial charge in [0.1, 0.15) is 11.6 Å². The fourth-order valence-electron chi connectivity index (χ4n) is 1.19. The molecule has 1 N–H and O–H groups in total. The van der Waals surface area contributed by atoms with Crippen LogP contribution in [0.15, 0.2) is 18.2 Å². The smallest absolute Gasteiger partial charge is 0.127 e. The molecule has 0 aromatic heterocycles. The van der Waals surface area contributed by atoms with Crippen LogP contribution < -0.4 is 5.32 Å². The molecule has 0 radical (unpaired) electrons. The lowest BCUT2D eigenvalue weighted by Gasteiger charge is -2.09. The van der Waals surface area contributed by atoms with E-state index in [2.05, 4.69) is 5.32 Å². The first kappa shape index (κ1) is 11.6. The monoisotopic (exact) mass is 210 g/mol. The van der Waals surface area contributed by atoms with E-state index in [4.69, 9.17) is 5.26 Å². The van der Waals surface area contributed by atoms with Crippen molar-refractivity contribution in [3.05, 3.63) is 35.4 Å². The minimum atomic E-state index is -0.474. The normalized spacial score (nSPS) is 12.1. The largest absolute Gasteiger partial charge is 0.298 e. The third-order valence-corrected chi connectivity index (χ3v) is 2.11. The molecular weight excluding hydrogens is 198 g/mol. The minimum absolute atomic E-state index is 0.162. The van der Waals surface area contributed by atoms with Gasteiger partial charge in [0.2, 0.25) is 0 Å². The Bertz CT molecular complexity index is 371. The Kier molecular flexibility index (Phi) is 4.19. The Hall–Kier alpha value is -1.47. The molecule has 1 unspecified atom stereocenters. The van der Waals surface area contributed by atoms with Crippen molar-refractivity contribution in [2.45, 2.75) is 25.9 Å². The highest BCUT2D eigenvalue weighted by molar-refractivity contribution is 5.18. The maximum absolute atomic E-state index is 13.1. The first-order chi connectivity index (χ1) is 7.17. The number of nitrogens with zero attached hydrogens (tertiary/aromatic N) is 1. The summed E-state index contributed by atoms with van der Waals surface area (Å²) in [6.07, 6.45) is 0.632. The summed E-state index contributed by atoms with van der Waals surface area (Å²) in [5, 5.41) is 11.5. The molecule has 0 aliphatic rings. The van der Waals surface area contributed by atoms with E-state index in [0.717, 1.165) is 18.2 Å². The van der Waals surface area contributed by atoms with E-state index in [1.54, 1.807) is 0 Å². The van der Waals surface area contributed by atoms with Crippen molar-refractivity contribution < 1.29 is 8.78 Å². The summed E-state index contributed by atoms with van der Waals surface area (Å²) in [6, 6.07) is 4.99. The fourth-order valence-corrected chi connectivity index (χ4v) is 1.19. The van der Waals surface area contributed by atoms with Gasteiger partial charge in [0, 0.05) is 12.1 Å². The maximum atomic E-state index is 13.1. The number of rotatable bonds is 4. The number of halogens is 2. The van der Waals surface area contributed by atoms with Crippen LogP contribution in [0.1, 0.15) is 18.9 Å². The zero-order valence-corrected chi connectivity index (χ0v) is 8.43. The van der Waals surface area contributed by atoms with Crippen molar-refractivity contribution in [3.63, 3.8) is 0 Å². The van der Waals surface area contributed by atoms with Crippen molar-refractivity contribution >= 4 is 0 Å². The van der Waals surface area contributed by atoms with Gasteiger partial charge in [-0.2, -0.15) is 5.26 Å². The summed E-state index contributed by atoms with van der Waals surface area (Å²) >= 11 is 0. The number of hydrogen-bond donors (Lipinski definition) is 1. The Balaban J connectivity index is 2.65. The number of nitrogens with one attached hydrogen (secondary N) is 1. The van der Waals surface area contributed by atoms with E-state index >= 15 is 0 Å². The van der Waals surface area contributed by atoms with Crippen molar-refractivity contribution in [2.24, 2.45) is 0 Å². The SMILES string of the molecule is CCC(C#N)NCc1cc(F)ccc1F. The van der Waals surface area contributed by atoms with Crippen LogP contribution in [0.4, 0.5) is 8.78 Å². The molecule has 0 fully saturated rings. The van der Waals surface area contributed by atoms with Crippen LogP contribution >= 0.6 is 0 Å². The van der Waals surface area contributed by atoms with Crippen LogP contribution in [-0.2, 0) is 6.54 Å². The molecule has 1 aromatic carbocycles. The minimum Gasteiger partial charge on any atom is -0.298 e. The predicted molar refractivity (Wildman–Crippen MR) is 52.9 cm³/mol. The van der Waals surface area contributed by atoms with E-state index in [1.165, 1.54) is 0 Å². The summed E-state index contributed by atoms with van der Waals surface area (Å²) in [6.45, 7) is 2.01. The molecule has 0 heterocycles. The molecule has 0 saturated heterocycles. The van der Waals surface area contributed by atoms with E-state index in [0.29, 0.717) is 6.42 Å². The summed E-state index contributed by atoms with van der Waals surface area (Å²) in [5.74, 6) is -0.935. The second-order valence-electron chi connectivity index (χ2n) is 3.21. The summed E-state index contributed by atoms with van der Waals surface area (Å²) in [4.78, 5) is 0. The van der Waals surface area contributed by atoms with Gasteiger partial charge in [-0.1, -0.05) is 6.92 Å². The third-order valence-electron chi connectivity index (χ3n) is 2.11. The van der Waals surface area contributed by atoms with Gasteiger partial charge in [-0.15, -0.1) is 0 Å². The number of benzene rings is 1. The number of hydrogen-bond acceptors (Lipinski definition) is 2. The van der Waals surface area contributed by atoms with E-state index in [1.807, 2.05) is 13.0 Å². The van der Waals surface area contributed by atoms with E-state index < -0.39 is 11.6 Å². The number of nitriles is 1. The Labute approximate surface area is 87.5 Å². The molecule has 0 bridgehead atoms. The van der Waals surface area contributed by atoms with Crippen molar-refractivity contribution in [2.75, 3.05) is 0 Å². The van der Waals surface area contributed by atoms with Crippen LogP contribution in [0.5, 0.6) is 0 Å². The zero-order chi connectivity index (χ0) is 11.3. The van der Waals surface area contributed by atoms with Crippen molar-refractivity contribution in [1.82, 2.24) is 5.32 Å². The molecule has 0 aliphatic heterocycles. The van der Waals surface area contributed by atoms with Gasteiger partial charge in [-0.3, -0.25) is 5.32 Å². The van der Waals surface area contributed by atoms with Crippen LogP contribution in [0.25, 0.3) is 0 Å². The Morgan fingerprint density at radius 3 is 2.80 bits per heavy atom. The van der Waals surface area contributed by atoms with Gasteiger partial charge in [-0.25, -0.2) is 8.78 Å². The molecular formula is C11H12F2N2. The first-order valence-corrected chi connectivity index (χ1v) is 4.74. The molecule has 0 aliphatic carbocycles. The molecule has 80 valence electrons. The topological polar surface area (TPSA) is 35.8 Å². The molecule has 15 heavy (non-hydrogen) atoms. The molecule has 1 aromatic rings. The van der Waals surface area contributed by atoms with Gasteiger partial charge >= 0.3 is 0 Å². The van der Waals surface area contributed by atoms with Crippen LogP contribution in [-0.4, -0.2) is 6.04 Å². The average molecular weight is 210 g/mol. The van der Waals surface area contributed by atoms with Gasteiger partial charge in [0.25, 0.3) is 0 Å². The molecule has 1 rings (SSSR count). The fraction of sp³-hybridized carbons (Fsp3) is 0.364. The lowest BCUT2D eigenvalue weighted by Crippen LogP contribution is -2.26. The molecule has 2 nitrogen and oxygen atoms in total. The van der Waals surface area contributed by atoms with Gasteiger partial charge < -0.3 is 0 Å². The van der Waals surface area contributed by atoms with Gasteiger partial charge in [0.05, 0.1) is 12.1 Å². The van der Waals surface area contributed by atoms with E-state index in [-0.39, 0.29) is 18.2 Å². The zero-order valence-electron chi connectivity index (χ0n) is 8.43. The molecule has 0 spiro atoms. The Morgan fingerprint density at radius 2 is 2.20 bits per heavy atom. The second kappa shape index (κ2) is 5.42. The molecule has 1 atom stereocenters. The summed E-state index contributed by atoms with van der Waals surface area (Å²) < 4.78 is 25.9. The van der Waals surface area contributed by atoms with Crippen LogP contribution in [0.3, 0.4) is 0 Å². The van der Waals surface area contributed by atoms with Crippen molar-refractivity contribution in [1.29, 1.82) is 5.26 Å². The lowest BCUT2D eigenvalue weighted by atomic mass is 10.2. The Morgan fingerprint density at radius 1 is 1.47 bits per heavy atom. The van der Waals surface area contributed by atoms with Crippen LogP contribution in [0, 0.1) is 23.0 Å². The molecule has 4 heteroatoms. The van der Waals surface area contributed by atoms with Gasteiger partial charge in [0.15, 0.2) is 0 Å². The highest BCUT2D eigenvalue weighted by Gasteiger charge is 2.07. The molecule has 0 saturated carbocycles.